The van der Waals surface area contributed by atoms with Crippen molar-refractivity contribution in [1.82, 2.24) is 4.90 Å². The Bertz CT molecular complexity index is 383. The van der Waals surface area contributed by atoms with Crippen LogP contribution in [0.4, 0.5) is 4.39 Å². The summed E-state index contributed by atoms with van der Waals surface area (Å²) in [6.07, 6.45) is 0.956. The molecule has 0 amide bonds. The molecule has 3 nitrogen and oxygen atoms in total. The summed E-state index contributed by atoms with van der Waals surface area (Å²) in [6, 6.07) is 4.81. The van der Waals surface area contributed by atoms with Crippen molar-refractivity contribution in [3.05, 3.63) is 29.6 Å². The van der Waals surface area contributed by atoms with Gasteiger partial charge in [-0.05, 0) is 43.6 Å². The van der Waals surface area contributed by atoms with Crippen LogP contribution in [0, 0.1) is 11.7 Å². The third-order valence-electron chi connectivity index (χ3n) is 3.32. The summed E-state index contributed by atoms with van der Waals surface area (Å²) in [4.78, 5) is 2.18. The van der Waals surface area contributed by atoms with Crippen LogP contribution >= 0.6 is 0 Å². The maximum Gasteiger partial charge on any atom is 0.165 e. The van der Waals surface area contributed by atoms with Gasteiger partial charge in [-0.15, -0.1) is 0 Å². The van der Waals surface area contributed by atoms with Gasteiger partial charge in [0.1, 0.15) is 0 Å². The number of nitrogens with zero attached hydrogens (tertiary/aromatic N) is 1. The minimum atomic E-state index is -0.554. The summed E-state index contributed by atoms with van der Waals surface area (Å²) in [5, 5.41) is 9.14. The standard InChI is InChI=1S/C12H17FN2O/c1-15-7-8(6-14)4-11(15)9-2-3-12(16)10(13)5-9/h2-3,5,8,11,16H,4,6-7,14H2,1H3. The summed E-state index contributed by atoms with van der Waals surface area (Å²) in [5.41, 5.74) is 6.56. The summed E-state index contributed by atoms with van der Waals surface area (Å²) >= 11 is 0. The van der Waals surface area contributed by atoms with Crippen molar-refractivity contribution in [2.45, 2.75) is 12.5 Å². The molecule has 0 aromatic heterocycles. The van der Waals surface area contributed by atoms with Crippen LogP contribution in [0.15, 0.2) is 18.2 Å². The van der Waals surface area contributed by atoms with Gasteiger partial charge in [0.2, 0.25) is 0 Å². The average Bonchev–Trinajstić information content (AvgIpc) is 2.64. The van der Waals surface area contributed by atoms with E-state index in [4.69, 9.17) is 10.8 Å². The van der Waals surface area contributed by atoms with Crippen molar-refractivity contribution >= 4 is 0 Å². The Kier molecular flexibility index (Phi) is 3.12. The second-order valence-electron chi connectivity index (χ2n) is 4.50. The summed E-state index contributed by atoms with van der Waals surface area (Å²) in [6.45, 7) is 1.62. The fourth-order valence-electron chi connectivity index (χ4n) is 2.40. The number of hydrogen-bond acceptors (Lipinski definition) is 3. The molecule has 1 saturated heterocycles. The molecule has 1 aliphatic heterocycles. The molecule has 1 heterocycles. The quantitative estimate of drug-likeness (QED) is 0.800. The molecule has 16 heavy (non-hydrogen) atoms. The number of halogens is 1. The first-order valence-corrected chi connectivity index (χ1v) is 5.50. The van der Waals surface area contributed by atoms with E-state index in [0.29, 0.717) is 12.5 Å². The molecule has 1 aromatic carbocycles. The molecule has 4 heteroatoms. The summed E-state index contributed by atoms with van der Waals surface area (Å²) < 4.78 is 13.2. The molecule has 0 aliphatic carbocycles. The number of nitrogens with two attached hydrogens (primary N) is 1. The number of likely N-dealkylation sites (tertiary alicyclic amines) is 1. The number of hydrogen-bond donors (Lipinski definition) is 2. The van der Waals surface area contributed by atoms with Gasteiger partial charge in [0, 0.05) is 12.6 Å². The zero-order valence-electron chi connectivity index (χ0n) is 9.36. The van der Waals surface area contributed by atoms with E-state index in [-0.39, 0.29) is 11.8 Å². The van der Waals surface area contributed by atoms with Crippen molar-refractivity contribution in [3.63, 3.8) is 0 Å². The predicted octanol–water partition coefficient (Wildman–Crippen LogP) is 1.48. The molecule has 2 atom stereocenters. The van der Waals surface area contributed by atoms with Gasteiger partial charge in [-0.25, -0.2) is 4.39 Å². The van der Waals surface area contributed by atoms with Crippen LogP contribution in [0.1, 0.15) is 18.0 Å². The van der Waals surface area contributed by atoms with Gasteiger partial charge in [0.15, 0.2) is 11.6 Å². The van der Waals surface area contributed by atoms with E-state index in [1.165, 1.54) is 12.1 Å². The lowest BCUT2D eigenvalue weighted by atomic mass is 10.00. The minimum absolute atomic E-state index is 0.212. The van der Waals surface area contributed by atoms with E-state index in [9.17, 15) is 4.39 Å². The Balaban J connectivity index is 2.21. The number of rotatable bonds is 2. The second kappa shape index (κ2) is 4.39. The van der Waals surface area contributed by atoms with Gasteiger partial charge in [0.05, 0.1) is 0 Å². The first kappa shape index (κ1) is 11.4. The predicted molar refractivity (Wildman–Crippen MR) is 60.6 cm³/mol. The molecule has 2 unspecified atom stereocenters. The van der Waals surface area contributed by atoms with Crippen molar-refractivity contribution in [2.24, 2.45) is 11.7 Å². The van der Waals surface area contributed by atoms with E-state index >= 15 is 0 Å². The highest BCUT2D eigenvalue weighted by Gasteiger charge is 2.29. The fourth-order valence-corrected chi connectivity index (χ4v) is 2.40. The van der Waals surface area contributed by atoms with Crippen LogP contribution in [-0.2, 0) is 0 Å². The number of aromatic hydroxyl groups is 1. The SMILES string of the molecule is CN1CC(CN)CC1c1ccc(O)c(F)c1. The number of phenols is 1. The van der Waals surface area contributed by atoms with E-state index in [0.717, 1.165) is 18.5 Å². The van der Waals surface area contributed by atoms with E-state index in [1.807, 2.05) is 7.05 Å². The molecule has 1 aliphatic rings. The normalized spacial score (nSPS) is 26.2. The van der Waals surface area contributed by atoms with Crippen molar-refractivity contribution in [1.29, 1.82) is 0 Å². The lowest BCUT2D eigenvalue weighted by Crippen LogP contribution is -2.20. The molecule has 3 N–H and O–H groups in total. The minimum Gasteiger partial charge on any atom is -0.505 e. The summed E-state index contributed by atoms with van der Waals surface area (Å²) in [7, 11) is 2.02. The van der Waals surface area contributed by atoms with Crippen molar-refractivity contribution in [3.8, 4) is 5.75 Å². The van der Waals surface area contributed by atoms with Gasteiger partial charge in [-0.2, -0.15) is 0 Å². The Labute approximate surface area is 94.7 Å². The van der Waals surface area contributed by atoms with Crippen molar-refractivity contribution in [2.75, 3.05) is 20.1 Å². The van der Waals surface area contributed by atoms with Gasteiger partial charge in [-0.1, -0.05) is 6.07 Å². The maximum absolute atomic E-state index is 13.2. The molecule has 1 aromatic rings. The zero-order valence-corrected chi connectivity index (χ0v) is 9.36. The van der Waals surface area contributed by atoms with Crippen LogP contribution < -0.4 is 5.73 Å². The van der Waals surface area contributed by atoms with Crippen LogP contribution in [-0.4, -0.2) is 30.1 Å². The van der Waals surface area contributed by atoms with Crippen LogP contribution in [0.5, 0.6) is 5.75 Å². The van der Waals surface area contributed by atoms with Gasteiger partial charge < -0.3 is 10.8 Å². The Morgan fingerprint density at radius 3 is 2.88 bits per heavy atom. The van der Waals surface area contributed by atoms with Gasteiger partial charge >= 0.3 is 0 Å². The molecule has 0 saturated carbocycles. The van der Waals surface area contributed by atoms with E-state index in [1.54, 1.807) is 6.07 Å². The average molecular weight is 224 g/mol. The third-order valence-corrected chi connectivity index (χ3v) is 3.32. The molecule has 1 fully saturated rings. The number of phenolic OH excluding ortho intramolecular Hbond substituents is 1. The fraction of sp³-hybridized carbons (Fsp3) is 0.500. The molecule has 0 spiro atoms. The highest BCUT2D eigenvalue weighted by molar-refractivity contribution is 5.30. The first-order chi connectivity index (χ1) is 7.61. The molecule has 2 rings (SSSR count). The highest BCUT2D eigenvalue weighted by atomic mass is 19.1. The highest BCUT2D eigenvalue weighted by Crippen LogP contribution is 2.34. The monoisotopic (exact) mass is 224 g/mol. The van der Waals surface area contributed by atoms with Gasteiger partial charge in [0.25, 0.3) is 0 Å². The van der Waals surface area contributed by atoms with Crippen LogP contribution in [0.2, 0.25) is 0 Å². The summed E-state index contributed by atoms with van der Waals surface area (Å²) in [5.74, 6) is -0.367. The Morgan fingerprint density at radius 2 is 2.31 bits per heavy atom. The third kappa shape index (κ3) is 2.03. The smallest absolute Gasteiger partial charge is 0.165 e. The molecular weight excluding hydrogens is 207 g/mol. The van der Waals surface area contributed by atoms with Crippen molar-refractivity contribution < 1.29 is 9.50 Å². The van der Waals surface area contributed by atoms with E-state index < -0.39 is 5.82 Å². The second-order valence-corrected chi connectivity index (χ2v) is 4.50. The van der Waals surface area contributed by atoms with Gasteiger partial charge in [-0.3, -0.25) is 4.90 Å². The lowest BCUT2D eigenvalue weighted by molar-refractivity contribution is 0.312. The topological polar surface area (TPSA) is 49.5 Å². The lowest BCUT2D eigenvalue weighted by Gasteiger charge is -2.19. The van der Waals surface area contributed by atoms with Crippen LogP contribution in [0.25, 0.3) is 0 Å². The van der Waals surface area contributed by atoms with E-state index in [2.05, 4.69) is 4.90 Å². The molecule has 0 bridgehead atoms. The maximum atomic E-state index is 13.2. The Hall–Kier alpha value is -1.13. The molecular formula is C12H17FN2O. The first-order valence-electron chi connectivity index (χ1n) is 5.50. The molecule has 0 radical (unpaired) electrons. The van der Waals surface area contributed by atoms with Crippen LogP contribution in [0.3, 0.4) is 0 Å². The molecule has 88 valence electrons. The Morgan fingerprint density at radius 1 is 1.56 bits per heavy atom. The largest absolute Gasteiger partial charge is 0.505 e. The zero-order chi connectivity index (χ0) is 11.7. The number of benzene rings is 1.